The van der Waals surface area contributed by atoms with Crippen LogP contribution in [0.5, 0.6) is 0 Å². The zero-order valence-corrected chi connectivity index (χ0v) is 15.8. The summed E-state index contributed by atoms with van der Waals surface area (Å²) in [6, 6.07) is 8.98. The molecular formula is C20H25NO6. The molecular weight excluding hydrogens is 350 g/mol. The first-order valence-corrected chi connectivity index (χ1v) is 9.07. The van der Waals surface area contributed by atoms with Gasteiger partial charge in [0.25, 0.3) is 0 Å². The van der Waals surface area contributed by atoms with Gasteiger partial charge in [-0.05, 0) is 26.3 Å². The van der Waals surface area contributed by atoms with Gasteiger partial charge in [-0.25, -0.2) is 9.59 Å². The Morgan fingerprint density at radius 3 is 2.67 bits per heavy atom. The molecule has 2 saturated heterocycles. The number of fused-ring (bicyclic) bond motifs is 1. The van der Waals surface area contributed by atoms with Crippen molar-refractivity contribution in [3.05, 3.63) is 48.0 Å². The molecule has 3 atom stereocenters. The highest BCUT2D eigenvalue weighted by Gasteiger charge is 2.53. The molecule has 1 amide bonds. The van der Waals surface area contributed by atoms with Crippen LogP contribution >= 0.6 is 0 Å². The quantitative estimate of drug-likeness (QED) is 0.582. The van der Waals surface area contributed by atoms with Crippen molar-refractivity contribution in [3.63, 3.8) is 0 Å². The molecule has 7 nitrogen and oxygen atoms in total. The molecule has 0 aromatic heterocycles. The molecule has 0 aliphatic carbocycles. The van der Waals surface area contributed by atoms with Gasteiger partial charge in [0, 0.05) is 6.08 Å². The number of hydrogen-bond donors (Lipinski definition) is 0. The van der Waals surface area contributed by atoms with Gasteiger partial charge in [-0.3, -0.25) is 4.90 Å². The second-order valence-corrected chi connectivity index (χ2v) is 6.93. The third kappa shape index (κ3) is 4.67. The minimum atomic E-state index is -0.731. The number of benzene rings is 1. The Morgan fingerprint density at radius 1 is 1.22 bits per heavy atom. The van der Waals surface area contributed by atoms with Crippen molar-refractivity contribution in [2.45, 2.75) is 51.4 Å². The molecule has 0 bridgehead atoms. The van der Waals surface area contributed by atoms with Crippen molar-refractivity contribution >= 4 is 12.1 Å². The summed E-state index contributed by atoms with van der Waals surface area (Å²) in [6.45, 7) is 6.19. The summed E-state index contributed by atoms with van der Waals surface area (Å²) in [5, 5.41) is 0. The van der Waals surface area contributed by atoms with Crippen LogP contribution in [0, 0.1) is 0 Å². The van der Waals surface area contributed by atoms with Gasteiger partial charge < -0.3 is 18.9 Å². The molecule has 27 heavy (non-hydrogen) atoms. The van der Waals surface area contributed by atoms with Crippen LogP contribution in [0.4, 0.5) is 4.79 Å². The lowest BCUT2D eigenvalue weighted by molar-refractivity contribution is -0.157. The molecule has 0 saturated carbocycles. The predicted octanol–water partition coefficient (Wildman–Crippen LogP) is 2.65. The predicted molar refractivity (Wildman–Crippen MR) is 96.7 cm³/mol. The first-order valence-electron chi connectivity index (χ1n) is 9.07. The molecule has 3 rings (SSSR count). The number of likely N-dealkylation sites (tertiary alicyclic amines) is 1. The zero-order chi connectivity index (χ0) is 19.4. The molecule has 2 aliphatic heterocycles. The number of hydrogen-bond acceptors (Lipinski definition) is 6. The van der Waals surface area contributed by atoms with Crippen molar-refractivity contribution in [3.8, 4) is 0 Å². The maximum absolute atomic E-state index is 12.6. The Hall–Kier alpha value is -2.38. The van der Waals surface area contributed by atoms with Crippen LogP contribution < -0.4 is 0 Å². The average Bonchev–Trinajstić information content (AvgIpc) is 3.11. The van der Waals surface area contributed by atoms with E-state index in [9.17, 15) is 9.59 Å². The van der Waals surface area contributed by atoms with E-state index < -0.39 is 23.9 Å². The number of carbonyl (C=O) groups is 2. The van der Waals surface area contributed by atoms with Gasteiger partial charge in [0.1, 0.15) is 18.8 Å². The average molecular weight is 375 g/mol. The van der Waals surface area contributed by atoms with E-state index in [1.165, 1.54) is 11.0 Å². The Balaban J connectivity index is 1.70. The second kappa shape index (κ2) is 8.10. The van der Waals surface area contributed by atoms with E-state index >= 15 is 0 Å². The van der Waals surface area contributed by atoms with E-state index in [2.05, 4.69) is 0 Å². The van der Waals surface area contributed by atoms with E-state index in [-0.39, 0.29) is 25.4 Å². The molecule has 1 aromatic carbocycles. The topological polar surface area (TPSA) is 74.3 Å². The van der Waals surface area contributed by atoms with Gasteiger partial charge in [0.15, 0.2) is 5.79 Å². The summed E-state index contributed by atoms with van der Waals surface area (Å²) in [5.41, 5.74) is 0.900. The summed E-state index contributed by atoms with van der Waals surface area (Å²) in [5.74, 6) is -1.19. The van der Waals surface area contributed by atoms with E-state index in [0.717, 1.165) is 5.56 Å². The highest BCUT2D eigenvalue weighted by Crippen LogP contribution is 2.37. The highest BCUT2D eigenvalue weighted by molar-refractivity contribution is 5.82. The minimum Gasteiger partial charge on any atom is -0.463 e. The summed E-state index contributed by atoms with van der Waals surface area (Å²) < 4.78 is 22.2. The van der Waals surface area contributed by atoms with Gasteiger partial charge in [0.05, 0.1) is 19.2 Å². The van der Waals surface area contributed by atoms with Gasteiger partial charge >= 0.3 is 12.1 Å². The van der Waals surface area contributed by atoms with Crippen LogP contribution in [0.15, 0.2) is 42.5 Å². The fourth-order valence-corrected chi connectivity index (χ4v) is 3.37. The SMILES string of the molecule is CCOC(=O)/C=C\[C@@H]1[C@H]2OC(C)(C)O[C@H]2CN1C(=O)OCc1ccccc1. The normalized spacial score (nSPS) is 26.2. The summed E-state index contributed by atoms with van der Waals surface area (Å²) in [4.78, 5) is 25.9. The Kier molecular flexibility index (Phi) is 5.82. The van der Waals surface area contributed by atoms with Crippen LogP contribution in [-0.4, -0.2) is 54.2 Å². The van der Waals surface area contributed by atoms with Crippen molar-refractivity contribution < 1.29 is 28.5 Å². The third-order valence-electron chi connectivity index (χ3n) is 4.45. The fraction of sp³-hybridized carbons (Fsp3) is 0.500. The van der Waals surface area contributed by atoms with Gasteiger partial charge in [-0.15, -0.1) is 0 Å². The van der Waals surface area contributed by atoms with Crippen LogP contribution in [0.2, 0.25) is 0 Å². The first-order chi connectivity index (χ1) is 12.9. The van der Waals surface area contributed by atoms with E-state index in [0.29, 0.717) is 6.54 Å². The molecule has 2 aliphatic rings. The standard InChI is InChI=1S/C20H25NO6/c1-4-24-17(22)11-10-15-18-16(26-20(2,3)27-18)12-21(15)19(23)25-13-14-8-6-5-7-9-14/h5-11,15-16,18H,4,12-13H2,1-3H3/b11-10-/t15-,16+,18-/m1/s1. The molecule has 7 heteroatoms. The van der Waals surface area contributed by atoms with Crippen molar-refractivity contribution in [1.29, 1.82) is 0 Å². The molecule has 2 heterocycles. The largest absolute Gasteiger partial charge is 0.463 e. The molecule has 0 radical (unpaired) electrons. The number of ether oxygens (including phenoxy) is 4. The Labute approximate surface area is 158 Å². The van der Waals surface area contributed by atoms with Crippen LogP contribution in [0.25, 0.3) is 0 Å². The third-order valence-corrected chi connectivity index (χ3v) is 4.45. The minimum absolute atomic E-state index is 0.174. The number of esters is 1. The van der Waals surface area contributed by atoms with Gasteiger partial charge in [-0.2, -0.15) is 0 Å². The number of carbonyl (C=O) groups excluding carboxylic acids is 2. The van der Waals surface area contributed by atoms with E-state index in [1.54, 1.807) is 13.0 Å². The van der Waals surface area contributed by atoms with Gasteiger partial charge in [-0.1, -0.05) is 36.4 Å². The lowest BCUT2D eigenvalue weighted by Crippen LogP contribution is -2.41. The smallest absolute Gasteiger partial charge is 0.410 e. The summed E-state index contributed by atoms with van der Waals surface area (Å²) in [6.07, 6.45) is 1.83. The van der Waals surface area contributed by atoms with Gasteiger partial charge in [0.2, 0.25) is 0 Å². The maximum Gasteiger partial charge on any atom is 0.410 e. The molecule has 0 spiro atoms. The Morgan fingerprint density at radius 2 is 1.96 bits per heavy atom. The lowest BCUT2D eigenvalue weighted by atomic mass is 10.1. The molecule has 0 N–H and O–H groups in total. The number of rotatable bonds is 5. The van der Waals surface area contributed by atoms with E-state index in [4.69, 9.17) is 18.9 Å². The van der Waals surface area contributed by atoms with Crippen LogP contribution in [-0.2, 0) is 30.3 Å². The molecule has 1 aromatic rings. The monoisotopic (exact) mass is 375 g/mol. The van der Waals surface area contributed by atoms with E-state index in [1.807, 2.05) is 44.2 Å². The Bertz CT molecular complexity index is 702. The second-order valence-electron chi connectivity index (χ2n) is 6.93. The van der Waals surface area contributed by atoms with Crippen molar-refractivity contribution in [1.82, 2.24) is 4.90 Å². The number of nitrogens with zero attached hydrogens (tertiary/aromatic N) is 1. The maximum atomic E-state index is 12.6. The van der Waals surface area contributed by atoms with Crippen LogP contribution in [0.1, 0.15) is 26.3 Å². The van der Waals surface area contributed by atoms with Crippen molar-refractivity contribution in [2.75, 3.05) is 13.2 Å². The van der Waals surface area contributed by atoms with Crippen molar-refractivity contribution in [2.24, 2.45) is 0 Å². The fourth-order valence-electron chi connectivity index (χ4n) is 3.37. The highest BCUT2D eigenvalue weighted by atomic mass is 16.8. The lowest BCUT2D eigenvalue weighted by Gasteiger charge is -2.27. The summed E-state index contributed by atoms with van der Waals surface area (Å²) in [7, 11) is 0. The number of amides is 1. The summed E-state index contributed by atoms with van der Waals surface area (Å²) >= 11 is 0. The molecule has 0 unspecified atom stereocenters. The zero-order valence-electron chi connectivity index (χ0n) is 15.8. The van der Waals surface area contributed by atoms with Crippen LogP contribution in [0.3, 0.4) is 0 Å². The molecule has 2 fully saturated rings. The first kappa shape index (κ1) is 19.4. The molecule has 146 valence electrons.